The Labute approximate surface area is 205 Å². The summed E-state index contributed by atoms with van der Waals surface area (Å²) in [4.78, 5) is 39.0. The van der Waals surface area contributed by atoms with Crippen molar-refractivity contribution in [3.63, 3.8) is 0 Å². The van der Waals surface area contributed by atoms with Gasteiger partial charge in [0.15, 0.2) is 0 Å². The Morgan fingerprint density at radius 3 is 2.29 bits per heavy atom. The van der Waals surface area contributed by atoms with Crippen LogP contribution in [0.5, 0.6) is 0 Å². The number of fused-ring (bicyclic) bond motifs is 3. The molecule has 2 amide bonds. The number of alkyl carbamates (subject to hydrolysis) is 1. The van der Waals surface area contributed by atoms with Gasteiger partial charge < -0.3 is 20.1 Å². The van der Waals surface area contributed by atoms with Crippen LogP contribution in [0.1, 0.15) is 62.0 Å². The number of rotatable bonds is 5. The molecule has 1 saturated carbocycles. The Hall–Kier alpha value is -3.35. The summed E-state index contributed by atoms with van der Waals surface area (Å²) in [6, 6.07) is 15.6. The molecule has 0 spiro atoms. The number of benzene rings is 2. The highest BCUT2D eigenvalue weighted by Crippen LogP contribution is 2.44. The molecule has 0 unspecified atom stereocenters. The van der Waals surface area contributed by atoms with Crippen LogP contribution in [0.2, 0.25) is 0 Å². The average Bonchev–Trinajstić information content (AvgIpc) is 3.21. The van der Waals surface area contributed by atoms with Gasteiger partial charge in [-0.15, -0.1) is 0 Å². The van der Waals surface area contributed by atoms with Crippen LogP contribution in [0.25, 0.3) is 11.1 Å². The summed E-state index contributed by atoms with van der Waals surface area (Å²) >= 11 is 0. The highest BCUT2D eigenvalue weighted by atomic mass is 16.5. The predicted molar refractivity (Wildman–Crippen MR) is 131 cm³/mol. The van der Waals surface area contributed by atoms with E-state index in [1.165, 1.54) is 22.3 Å². The van der Waals surface area contributed by atoms with Crippen molar-refractivity contribution in [2.45, 2.75) is 62.9 Å². The summed E-state index contributed by atoms with van der Waals surface area (Å²) in [6.45, 7) is 0.750. The third-order valence-electron chi connectivity index (χ3n) is 7.76. The molecule has 7 heteroatoms. The summed E-state index contributed by atoms with van der Waals surface area (Å²) in [5.41, 5.74) is 4.70. The van der Waals surface area contributed by atoms with Gasteiger partial charge in [0.2, 0.25) is 5.91 Å². The largest absolute Gasteiger partial charge is 0.480 e. The van der Waals surface area contributed by atoms with Crippen molar-refractivity contribution >= 4 is 18.0 Å². The number of hydrogen-bond donors (Lipinski definition) is 2. The first-order valence-electron chi connectivity index (χ1n) is 12.7. The van der Waals surface area contributed by atoms with Crippen molar-refractivity contribution in [2.24, 2.45) is 5.92 Å². The van der Waals surface area contributed by atoms with E-state index in [9.17, 15) is 19.5 Å². The van der Waals surface area contributed by atoms with Gasteiger partial charge in [-0.3, -0.25) is 4.79 Å². The van der Waals surface area contributed by atoms with Crippen molar-refractivity contribution < 1.29 is 24.2 Å². The van der Waals surface area contributed by atoms with E-state index in [1.54, 1.807) is 4.90 Å². The lowest BCUT2D eigenvalue weighted by atomic mass is 9.84. The van der Waals surface area contributed by atoms with Crippen LogP contribution in [0.3, 0.4) is 0 Å². The van der Waals surface area contributed by atoms with Gasteiger partial charge in [-0.25, -0.2) is 9.59 Å². The zero-order valence-electron chi connectivity index (χ0n) is 19.8. The van der Waals surface area contributed by atoms with Crippen LogP contribution in [0.15, 0.2) is 48.5 Å². The molecule has 7 nitrogen and oxygen atoms in total. The molecular formula is C28H32N2O5. The van der Waals surface area contributed by atoms with Crippen molar-refractivity contribution in [1.29, 1.82) is 0 Å². The molecule has 0 radical (unpaired) electrons. The molecule has 1 saturated heterocycles. The highest BCUT2D eigenvalue weighted by molar-refractivity contribution is 5.85. The molecular weight excluding hydrogens is 444 g/mol. The number of carboxylic acid groups (broad SMARTS) is 1. The topological polar surface area (TPSA) is 95.9 Å². The summed E-state index contributed by atoms with van der Waals surface area (Å²) in [7, 11) is 0. The zero-order valence-corrected chi connectivity index (χ0v) is 19.8. The maximum atomic E-state index is 13.2. The van der Waals surface area contributed by atoms with Crippen LogP contribution in [-0.4, -0.2) is 53.2 Å². The Morgan fingerprint density at radius 2 is 1.60 bits per heavy atom. The number of carboxylic acids is 1. The average molecular weight is 477 g/mol. The number of hydrogen-bond acceptors (Lipinski definition) is 4. The summed E-state index contributed by atoms with van der Waals surface area (Å²) in [5, 5.41) is 12.5. The molecule has 2 fully saturated rings. The van der Waals surface area contributed by atoms with Crippen LogP contribution in [-0.2, 0) is 14.3 Å². The Bertz CT molecular complexity index is 1070. The number of amides is 2. The van der Waals surface area contributed by atoms with Crippen LogP contribution < -0.4 is 5.32 Å². The summed E-state index contributed by atoms with van der Waals surface area (Å²) in [5.74, 6) is -1.28. The van der Waals surface area contributed by atoms with Crippen molar-refractivity contribution in [1.82, 2.24) is 10.2 Å². The second-order valence-corrected chi connectivity index (χ2v) is 9.91. The molecule has 2 aromatic rings. The minimum absolute atomic E-state index is 0.000820. The normalized spacial score (nSPS) is 23.8. The fourth-order valence-corrected chi connectivity index (χ4v) is 6.04. The highest BCUT2D eigenvalue weighted by Gasteiger charge is 2.38. The van der Waals surface area contributed by atoms with Crippen LogP contribution >= 0.6 is 0 Å². The number of piperidine rings is 1. The number of carbonyl (C=O) groups is 3. The Balaban J connectivity index is 1.18. The van der Waals surface area contributed by atoms with Gasteiger partial charge in [0, 0.05) is 24.4 Å². The molecule has 35 heavy (non-hydrogen) atoms. The van der Waals surface area contributed by atoms with Crippen LogP contribution in [0.4, 0.5) is 4.79 Å². The van der Waals surface area contributed by atoms with E-state index >= 15 is 0 Å². The summed E-state index contributed by atoms with van der Waals surface area (Å²) in [6.07, 6.45) is 4.56. The number of ether oxygens (including phenoxy) is 1. The molecule has 3 atom stereocenters. The van der Waals surface area contributed by atoms with Gasteiger partial charge in [0.25, 0.3) is 0 Å². The van der Waals surface area contributed by atoms with E-state index in [-0.39, 0.29) is 30.4 Å². The third kappa shape index (κ3) is 4.77. The standard InChI is InChI=1S/C28H32N2O5/c31-26(30-15-6-5-14-25(30)27(32)33)18-8-7-9-19(16-18)29-28(34)35-17-24-22-12-3-1-10-20(22)21-11-2-4-13-23(21)24/h1-4,10-13,18-19,24-25H,5-9,14-17H2,(H,29,34)(H,32,33)/t18-,19+,25+/m0/s1. The second kappa shape index (κ2) is 10.1. The maximum Gasteiger partial charge on any atom is 0.407 e. The monoisotopic (exact) mass is 476 g/mol. The maximum absolute atomic E-state index is 13.2. The fourth-order valence-electron chi connectivity index (χ4n) is 6.04. The number of carbonyl (C=O) groups excluding carboxylic acids is 2. The van der Waals surface area contributed by atoms with Gasteiger partial charge in [0.1, 0.15) is 12.6 Å². The SMILES string of the molecule is O=C(N[C@@H]1CCC[C@H](C(=O)N2CCCC[C@@H]2C(=O)O)C1)OCC1c2ccccc2-c2ccccc21. The molecule has 0 aromatic heterocycles. The third-order valence-corrected chi connectivity index (χ3v) is 7.76. The van der Waals surface area contributed by atoms with Gasteiger partial charge in [0.05, 0.1) is 0 Å². The molecule has 0 bridgehead atoms. The molecule has 2 aliphatic carbocycles. The van der Waals surface area contributed by atoms with Crippen LogP contribution in [0, 0.1) is 5.92 Å². The zero-order chi connectivity index (χ0) is 24.4. The minimum Gasteiger partial charge on any atom is -0.480 e. The number of aliphatic carboxylic acids is 1. The molecule has 1 heterocycles. The van der Waals surface area contributed by atoms with E-state index < -0.39 is 18.1 Å². The predicted octanol–water partition coefficient (Wildman–Crippen LogP) is 4.55. The first kappa shape index (κ1) is 23.4. The number of nitrogens with one attached hydrogen (secondary N) is 1. The Morgan fingerprint density at radius 1 is 0.914 bits per heavy atom. The molecule has 3 aliphatic rings. The fraction of sp³-hybridized carbons (Fsp3) is 0.464. The lowest BCUT2D eigenvalue weighted by Gasteiger charge is -2.37. The quantitative estimate of drug-likeness (QED) is 0.660. The first-order valence-corrected chi connectivity index (χ1v) is 12.7. The molecule has 184 valence electrons. The first-order chi connectivity index (χ1) is 17.0. The smallest absolute Gasteiger partial charge is 0.407 e. The summed E-state index contributed by atoms with van der Waals surface area (Å²) < 4.78 is 5.68. The molecule has 2 N–H and O–H groups in total. The van der Waals surface area contributed by atoms with Crippen molar-refractivity contribution in [2.75, 3.05) is 13.2 Å². The lowest BCUT2D eigenvalue weighted by molar-refractivity contribution is -0.154. The second-order valence-electron chi connectivity index (χ2n) is 9.91. The number of nitrogens with zero attached hydrogens (tertiary/aromatic N) is 1. The van der Waals surface area contributed by atoms with Gasteiger partial charge in [-0.05, 0) is 60.8 Å². The minimum atomic E-state index is -0.929. The van der Waals surface area contributed by atoms with Crippen molar-refractivity contribution in [3.8, 4) is 11.1 Å². The van der Waals surface area contributed by atoms with Crippen molar-refractivity contribution in [3.05, 3.63) is 59.7 Å². The number of likely N-dealkylation sites (tertiary alicyclic amines) is 1. The molecule has 1 aliphatic heterocycles. The van der Waals surface area contributed by atoms with E-state index in [1.807, 2.05) is 24.3 Å². The van der Waals surface area contributed by atoms with Gasteiger partial charge >= 0.3 is 12.1 Å². The van der Waals surface area contributed by atoms with E-state index in [4.69, 9.17) is 4.74 Å². The van der Waals surface area contributed by atoms with Gasteiger partial charge in [-0.2, -0.15) is 0 Å². The Kier molecular flexibility index (Phi) is 6.75. The molecule has 5 rings (SSSR count). The molecule has 2 aromatic carbocycles. The van der Waals surface area contributed by atoms with E-state index in [0.717, 1.165) is 32.1 Å². The van der Waals surface area contributed by atoms with E-state index in [2.05, 4.69) is 29.6 Å². The lowest BCUT2D eigenvalue weighted by Crippen LogP contribution is -2.51. The van der Waals surface area contributed by atoms with E-state index in [0.29, 0.717) is 19.4 Å². The van der Waals surface area contributed by atoms with Gasteiger partial charge in [-0.1, -0.05) is 55.0 Å².